The molecular weight excluding hydrogens is 420 g/mol. The molecule has 0 spiro atoms. The molecule has 0 unspecified atom stereocenters. The van der Waals surface area contributed by atoms with Gasteiger partial charge in [0.1, 0.15) is 23.7 Å². The highest BCUT2D eigenvalue weighted by atomic mass is 32.2. The highest BCUT2D eigenvalue weighted by Crippen LogP contribution is 2.25. The zero-order valence-corrected chi connectivity index (χ0v) is 17.7. The minimum absolute atomic E-state index is 0.0597. The number of hydrogen-bond acceptors (Lipinski definition) is 5. The number of nitrogens with zero attached hydrogens (tertiary/aromatic N) is 2. The largest absolute Gasteiger partial charge is 0.464 e. The summed E-state index contributed by atoms with van der Waals surface area (Å²) in [7, 11) is 0. The number of amides is 2. The van der Waals surface area contributed by atoms with Crippen LogP contribution in [0.15, 0.2) is 48.5 Å². The first-order valence-corrected chi connectivity index (χ1v) is 9.70. The molecule has 2 rings (SSSR count). The maximum Gasteiger partial charge on any atom is 0.419 e. The van der Waals surface area contributed by atoms with Crippen LogP contribution >= 0.6 is 12.1 Å². The molecule has 9 heteroatoms. The van der Waals surface area contributed by atoms with Crippen molar-refractivity contribution in [2.75, 3.05) is 0 Å². The topological polar surface area (TPSA) is 99.5 Å². The molecule has 0 aromatic heterocycles. The molecular formula is C22H20N2O6S. The lowest BCUT2D eigenvalue weighted by molar-refractivity contribution is 0.166. The zero-order valence-electron chi connectivity index (χ0n) is 16.9. The second kappa shape index (κ2) is 11.9. The smallest absolute Gasteiger partial charge is 0.419 e. The van der Waals surface area contributed by atoms with Crippen molar-refractivity contribution in [2.45, 2.75) is 26.9 Å². The molecule has 0 heterocycles. The Labute approximate surface area is 184 Å². The first-order chi connectivity index (χ1) is 14.9. The summed E-state index contributed by atoms with van der Waals surface area (Å²) in [5, 5.41) is 19.2. The molecule has 2 aromatic carbocycles. The lowest BCUT2D eigenvalue weighted by atomic mass is 10.2. The number of benzene rings is 2. The minimum Gasteiger partial charge on any atom is -0.464 e. The second-order valence-corrected chi connectivity index (χ2v) is 6.97. The van der Waals surface area contributed by atoms with Crippen molar-refractivity contribution in [3.63, 3.8) is 0 Å². The van der Waals surface area contributed by atoms with E-state index < -0.39 is 12.2 Å². The van der Waals surface area contributed by atoms with Crippen LogP contribution < -0.4 is 9.47 Å². The lowest BCUT2D eigenvalue weighted by Crippen LogP contribution is -2.31. The molecule has 2 aromatic rings. The van der Waals surface area contributed by atoms with E-state index >= 15 is 0 Å². The van der Waals surface area contributed by atoms with Crippen LogP contribution in [0.4, 0.5) is 9.59 Å². The fourth-order valence-electron chi connectivity index (χ4n) is 2.35. The average Bonchev–Trinajstić information content (AvgIpc) is 2.75. The predicted octanol–water partition coefficient (Wildman–Crippen LogP) is 4.63. The third kappa shape index (κ3) is 7.77. The number of carboxylic acid groups (broad SMARTS) is 2. The van der Waals surface area contributed by atoms with Gasteiger partial charge in [0.05, 0.1) is 25.2 Å². The zero-order chi connectivity index (χ0) is 22.6. The molecule has 2 N–H and O–H groups in total. The van der Waals surface area contributed by atoms with Gasteiger partial charge in [-0.3, -0.25) is 0 Å². The maximum atomic E-state index is 11.7. The van der Waals surface area contributed by atoms with Gasteiger partial charge in [0, 0.05) is 13.8 Å². The maximum absolute atomic E-state index is 11.7. The van der Waals surface area contributed by atoms with Gasteiger partial charge in [0.2, 0.25) is 0 Å². The van der Waals surface area contributed by atoms with Crippen LogP contribution in [0.25, 0.3) is 0 Å². The van der Waals surface area contributed by atoms with E-state index in [1.807, 2.05) is 0 Å². The monoisotopic (exact) mass is 440 g/mol. The molecule has 0 aliphatic heterocycles. The first kappa shape index (κ1) is 23.3. The van der Waals surface area contributed by atoms with E-state index in [2.05, 4.69) is 24.1 Å². The molecule has 160 valence electrons. The molecule has 0 saturated heterocycles. The van der Waals surface area contributed by atoms with Crippen molar-refractivity contribution in [1.82, 2.24) is 8.61 Å². The van der Waals surface area contributed by atoms with Crippen molar-refractivity contribution >= 4 is 24.3 Å². The summed E-state index contributed by atoms with van der Waals surface area (Å²) in [6.45, 7) is 3.14. The van der Waals surface area contributed by atoms with Crippen LogP contribution in [0.5, 0.6) is 11.5 Å². The fraction of sp³-hybridized carbons (Fsp3) is 0.182. The fourth-order valence-corrected chi connectivity index (χ4v) is 3.14. The SMILES string of the molecule is CC#COc1cccc(CN(SN(Cc2cccc(OC#CC)c2)C(=O)O)C(=O)O)c1. The molecule has 31 heavy (non-hydrogen) atoms. The highest BCUT2D eigenvalue weighted by molar-refractivity contribution is 7.95. The molecule has 0 saturated carbocycles. The van der Waals surface area contributed by atoms with Crippen LogP contribution in [-0.4, -0.2) is 31.0 Å². The summed E-state index contributed by atoms with van der Waals surface area (Å²) in [5.74, 6) is 6.13. The van der Waals surface area contributed by atoms with Crippen molar-refractivity contribution in [3.8, 4) is 35.6 Å². The summed E-state index contributed by atoms with van der Waals surface area (Å²) < 4.78 is 12.3. The predicted molar refractivity (Wildman–Crippen MR) is 116 cm³/mol. The number of carbonyl (C=O) groups is 2. The van der Waals surface area contributed by atoms with E-state index in [4.69, 9.17) is 9.47 Å². The van der Waals surface area contributed by atoms with E-state index in [-0.39, 0.29) is 13.1 Å². The third-order valence-electron chi connectivity index (χ3n) is 3.61. The van der Waals surface area contributed by atoms with E-state index in [1.165, 1.54) is 0 Å². The van der Waals surface area contributed by atoms with Crippen LogP contribution in [0, 0.1) is 24.1 Å². The van der Waals surface area contributed by atoms with Crippen molar-refractivity contribution < 1.29 is 29.3 Å². The van der Waals surface area contributed by atoms with Gasteiger partial charge in [-0.1, -0.05) is 36.1 Å². The van der Waals surface area contributed by atoms with Gasteiger partial charge in [-0.25, -0.2) is 18.2 Å². The molecule has 0 fully saturated rings. The number of hydrogen-bond donors (Lipinski definition) is 2. The van der Waals surface area contributed by atoms with Crippen molar-refractivity contribution in [2.24, 2.45) is 0 Å². The van der Waals surface area contributed by atoms with Crippen LogP contribution in [0.3, 0.4) is 0 Å². The Morgan fingerprint density at radius 3 is 1.61 bits per heavy atom. The van der Waals surface area contributed by atoms with Gasteiger partial charge in [-0.05, 0) is 35.4 Å². The van der Waals surface area contributed by atoms with E-state index in [0.717, 1.165) is 8.61 Å². The van der Waals surface area contributed by atoms with Crippen molar-refractivity contribution in [1.29, 1.82) is 0 Å². The molecule has 8 nitrogen and oxygen atoms in total. The van der Waals surface area contributed by atoms with Crippen LogP contribution in [0.1, 0.15) is 25.0 Å². The van der Waals surface area contributed by atoms with Gasteiger partial charge in [0.15, 0.2) is 0 Å². The Bertz CT molecular complexity index is 967. The first-order valence-electron chi connectivity index (χ1n) is 8.97. The number of ether oxygens (including phenoxy) is 2. The van der Waals surface area contributed by atoms with Gasteiger partial charge in [-0.15, -0.1) is 0 Å². The standard InChI is InChI=1S/C22H20N2O6S/c1-3-11-29-19-9-5-7-17(13-19)15-23(21(25)26)31-24(22(27)28)16-18-8-6-10-20(14-18)30-12-4-2/h5-10,13-14H,15-16H2,1-2H3,(H,25,26)(H,27,28). The summed E-state index contributed by atoms with van der Waals surface area (Å²) in [6, 6.07) is 13.5. The van der Waals surface area contributed by atoms with Gasteiger partial charge in [0.25, 0.3) is 0 Å². The molecule has 0 radical (unpaired) electrons. The van der Waals surface area contributed by atoms with Crippen LogP contribution in [0.2, 0.25) is 0 Å². The summed E-state index contributed by atoms with van der Waals surface area (Å²) >= 11 is 0.573. The Morgan fingerprint density at radius 2 is 1.26 bits per heavy atom. The number of rotatable bonds is 8. The second-order valence-electron chi connectivity index (χ2n) is 5.92. The van der Waals surface area contributed by atoms with Crippen LogP contribution in [-0.2, 0) is 13.1 Å². The van der Waals surface area contributed by atoms with Gasteiger partial charge < -0.3 is 19.7 Å². The van der Waals surface area contributed by atoms with E-state index in [0.29, 0.717) is 34.8 Å². The Hall–Kier alpha value is -3.95. The quantitative estimate of drug-likeness (QED) is 0.456. The summed E-state index contributed by atoms with van der Waals surface area (Å²) in [5.41, 5.74) is 1.23. The van der Waals surface area contributed by atoms with Crippen molar-refractivity contribution in [3.05, 3.63) is 59.7 Å². The molecule has 0 aliphatic rings. The summed E-state index contributed by atoms with van der Waals surface area (Å²) in [6.07, 6.45) is 2.37. The van der Waals surface area contributed by atoms with Gasteiger partial charge in [-0.2, -0.15) is 0 Å². The Morgan fingerprint density at radius 1 is 0.839 bits per heavy atom. The summed E-state index contributed by atoms with van der Waals surface area (Å²) in [4.78, 5) is 23.5. The Balaban J connectivity index is 2.14. The highest BCUT2D eigenvalue weighted by Gasteiger charge is 2.23. The normalized spacial score (nSPS) is 9.35. The Kier molecular flexibility index (Phi) is 8.96. The van der Waals surface area contributed by atoms with E-state index in [1.54, 1.807) is 62.4 Å². The van der Waals surface area contributed by atoms with E-state index in [9.17, 15) is 19.8 Å². The molecule has 2 amide bonds. The molecule has 0 aliphatic carbocycles. The molecule has 0 bridgehead atoms. The third-order valence-corrected chi connectivity index (χ3v) is 4.58. The lowest BCUT2D eigenvalue weighted by Gasteiger charge is -2.25. The minimum atomic E-state index is -1.29. The van der Waals surface area contributed by atoms with Gasteiger partial charge >= 0.3 is 12.2 Å². The molecule has 0 atom stereocenters. The average molecular weight is 440 g/mol.